The molecule has 1 aliphatic carbocycles. The summed E-state index contributed by atoms with van der Waals surface area (Å²) in [6.07, 6.45) is 2.70. The van der Waals surface area contributed by atoms with Crippen molar-refractivity contribution in [3.63, 3.8) is 0 Å². The summed E-state index contributed by atoms with van der Waals surface area (Å²) in [6.45, 7) is 0. The van der Waals surface area contributed by atoms with Crippen molar-refractivity contribution in [2.45, 2.75) is 35.0 Å². The van der Waals surface area contributed by atoms with E-state index in [9.17, 15) is 4.79 Å². The quantitative estimate of drug-likeness (QED) is 0.887. The van der Waals surface area contributed by atoms with Gasteiger partial charge in [0.2, 0.25) is 0 Å². The highest BCUT2D eigenvalue weighted by atomic mass is 32.2. The molecule has 0 radical (unpaired) electrons. The molecule has 3 heteroatoms. The second-order valence-electron chi connectivity index (χ2n) is 5.12. The molecule has 20 heavy (non-hydrogen) atoms. The first kappa shape index (κ1) is 13.3. The monoisotopic (exact) mass is 284 g/mol. The number of carboxylic acids is 1. The van der Waals surface area contributed by atoms with Crippen LogP contribution in [-0.2, 0) is 11.2 Å². The van der Waals surface area contributed by atoms with E-state index in [1.165, 1.54) is 18.4 Å². The van der Waals surface area contributed by atoms with Gasteiger partial charge in [0.15, 0.2) is 0 Å². The van der Waals surface area contributed by atoms with Gasteiger partial charge in [-0.2, -0.15) is 0 Å². The zero-order valence-corrected chi connectivity index (χ0v) is 11.9. The van der Waals surface area contributed by atoms with Crippen molar-refractivity contribution < 1.29 is 9.90 Å². The van der Waals surface area contributed by atoms with Gasteiger partial charge >= 0.3 is 5.97 Å². The molecule has 0 amide bonds. The smallest absolute Gasteiger partial charge is 0.307 e. The number of hydrogen-bond donors (Lipinski definition) is 1. The first-order valence-electron chi connectivity index (χ1n) is 6.80. The zero-order chi connectivity index (χ0) is 13.9. The lowest BCUT2D eigenvalue weighted by molar-refractivity contribution is -0.136. The van der Waals surface area contributed by atoms with Crippen LogP contribution >= 0.6 is 11.8 Å². The van der Waals surface area contributed by atoms with Crippen molar-refractivity contribution in [3.05, 3.63) is 59.7 Å². The zero-order valence-electron chi connectivity index (χ0n) is 11.1. The molecule has 0 spiro atoms. The molecule has 0 unspecified atom stereocenters. The first-order valence-corrected chi connectivity index (χ1v) is 7.61. The summed E-state index contributed by atoms with van der Waals surface area (Å²) in [6, 6.07) is 16.4. The third-order valence-corrected chi connectivity index (χ3v) is 4.60. The molecule has 1 aliphatic rings. The van der Waals surface area contributed by atoms with Crippen molar-refractivity contribution in [2.75, 3.05) is 0 Å². The van der Waals surface area contributed by atoms with Gasteiger partial charge < -0.3 is 5.11 Å². The SMILES string of the molecule is O=C(O)Cc1ccccc1Sc1ccc(C2CC2)cc1. The molecule has 102 valence electrons. The van der Waals surface area contributed by atoms with Gasteiger partial charge in [0.1, 0.15) is 0 Å². The highest BCUT2D eigenvalue weighted by Gasteiger charge is 2.22. The summed E-state index contributed by atoms with van der Waals surface area (Å²) in [5, 5.41) is 8.95. The van der Waals surface area contributed by atoms with Crippen molar-refractivity contribution in [1.82, 2.24) is 0 Å². The molecule has 1 saturated carbocycles. The summed E-state index contributed by atoms with van der Waals surface area (Å²) >= 11 is 1.63. The Labute approximate surface area is 122 Å². The highest BCUT2D eigenvalue weighted by molar-refractivity contribution is 7.99. The van der Waals surface area contributed by atoms with E-state index in [2.05, 4.69) is 24.3 Å². The number of aliphatic carboxylic acids is 1. The van der Waals surface area contributed by atoms with Crippen LogP contribution in [0.25, 0.3) is 0 Å². The van der Waals surface area contributed by atoms with Gasteiger partial charge in [0.05, 0.1) is 6.42 Å². The van der Waals surface area contributed by atoms with Crippen LogP contribution < -0.4 is 0 Å². The van der Waals surface area contributed by atoms with Gasteiger partial charge in [-0.05, 0) is 48.1 Å². The maximum absolute atomic E-state index is 10.9. The summed E-state index contributed by atoms with van der Waals surface area (Å²) in [5.41, 5.74) is 2.30. The Morgan fingerprint density at radius 1 is 1.10 bits per heavy atom. The Bertz CT molecular complexity index is 615. The molecule has 1 N–H and O–H groups in total. The van der Waals surface area contributed by atoms with Crippen LogP contribution in [-0.4, -0.2) is 11.1 Å². The van der Waals surface area contributed by atoms with Crippen molar-refractivity contribution in [3.8, 4) is 0 Å². The van der Waals surface area contributed by atoms with E-state index in [4.69, 9.17) is 5.11 Å². The lowest BCUT2D eigenvalue weighted by Crippen LogP contribution is -2.01. The van der Waals surface area contributed by atoms with Crippen LogP contribution in [0.2, 0.25) is 0 Å². The molecule has 0 bridgehead atoms. The Hall–Kier alpha value is -1.74. The normalized spacial score (nSPS) is 14.2. The number of carbonyl (C=O) groups is 1. The van der Waals surface area contributed by atoms with Crippen LogP contribution in [0.5, 0.6) is 0 Å². The predicted molar refractivity (Wildman–Crippen MR) is 80.3 cm³/mol. The molecule has 0 heterocycles. The third kappa shape index (κ3) is 3.23. The first-order chi connectivity index (χ1) is 9.72. The van der Waals surface area contributed by atoms with Crippen molar-refractivity contribution in [2.24, 2.45) is 0 Å². The molecule has 2 aromatic rings. The maximum atomic E-state index is 10.9. The number of benzene rings is 2. The molecule has 0 saturated heterocycles. The molecule has 2 nitrogen and oxygen atoms in total. The maximum Gasteiger partial charge on any atom is 0.307 e. The Balaban J connectivity index is 1.77. The lowest BCUT2D eigenvalue weighted by atomic mass is 10.1. The Kier molecular flexibility index (Phi) is 3.79. The molecule has 0 atom stereocenters. The minimum absolute atomic E-state index is 0.0727. The van der Waals surface area contributed by atoms with Gasteiger partial charge in [0.25, 0.3) is 0 Å². The van der Waals surface area contributed by atoms with E-state index in [1.54, 1.807) is 11.8 Å². The Morgan fingerprint density at radius 3 is 2.45 bits per heavy atom. The third-order valence-electron chi connectivity index (χ3n) is 3.47. The average Bonchev–Trinajstić information content (AvgIpc) is 3.26. The molecule has 0 aliphatic heterocycles. The van der Waals surface area contributed by atoms with Crippen molar-refractivity contribution >= 4 is 17.7 Å². The van der Waals surface area contributed by atoms with E-state index in [1.807, 2.05) is 24.3 Å². The molecule has 3 rings (SSSR count). The fourth-order valence-electron chi connectivity index (χ4n) is 2.26. The average molecular weight is 284 g/mol. The molecular weight excluding hydrogens is 268 g/mol. The van der Waals surface area contributed by atoms with E-state index < -0.39 is 5.97 Å². The molecular formula is C17H16O2S. The van der Waals surface area contributed by atoms with Crippen LogP contribution in [0.15, 0.2) is 58.3 Å². The summed E-state index contributed by atoms with van der Waals surface area (Å²) in [4.78, 5) is 13.1. The largest absolute Gasteiger partial charge is 0.481 e. The van der Waals surface area contributed by atoms with Gasteiger partial charge in [-0.25, -0.2) is 0 Å². The highest BCUT2D eigenvalue weighted by Crippen LogP contribution is 2.41. The van der Waals surface area contributed by atoms with E-state index in [-0.39, 0.29) is 6.42 Å². The van der Waals surface area contributed by atoms with Crippen LogP contribution in [0, 0.1) is 0 Å². The molecule has 0 aromatic heterocycles. The van der Waals surface area contributed by atoms with Gasteiger partial charge in [0, 0.05) is 9.79 Å². The van der Waals surface area contributed by atoms with E-state index in [0.29, 0.717) is 0 Å². The predicted octanol–water partition coefficient (Wildman–Crippen LogP) is 4.34. The summed E-state index contributed by atoms with van der Waals surface area (Å²) < 4.78 is 0. The summed E-state index contributed by atoms with van der Waals surface area (Å²) in [5.74, 6) is -0.0181. The van der Waals surface area contributed by atoms with Gasteiger partial charge in [-0.15, -0.1) is 0 Å². The molecule has 2 aromatic carbocycles. The van der Waals surface area contributed by atoms with Crippen LogP contribution in [0.3, 0.4) is 0 Å². The fourth-order valence-corrected chi connectivity index (χ4v) is 3.21. The number of rotatable bonds is 5. The van der Waals surface area contributed by atoms with Gasteiger partial charge in [-0.1, -0.05) is 42.1 Å². The second kappa shape index (κ2) is 5.71. The lowest BCUT2D eigenvalue weighted by Gasteiger charge is -2.08. The minimum Gasteiger partial charge on any atom is -0.481 e. The van der Waals surface area contributed by atoms with Crippen molar-refractivity contribution in [1.29, 1.82) is 0 Å². The van der Waals surface area contributed by atoms with Gasteiger partial charge in [-0.3, -0.25) is 4.79 Å². The van der Waals surface area contributed by atoms with Crippen LogP contribution in [0.1, 0.15) is 29.9 Å². The Morgan fingerprint density at radius 2 is 1.80 bits per heavy atom. The van der Waals surface area contributed by atoms with Crippen LogP contribution in [0.4, 0.5) is 0 Å². The number of carboxylic acid groups (broad SMARTS) is 1. The van der Waals surface area contributed by atoms with E-state index >= 15 is 0 Å². The topological polar surface area (TPSA) is 37.3 Å². The molecule has 1 fully saturated rings. The standard InChI is InChI=1S/C17H16O2S/c18-17(19)11-14-3-1-2-4-16(14)20-15-9-7-13(8-10-15)12-5-6-12/h1-4,7-10,12H,5-6,11H2,(H,18,19). The second-order valence-corrected chi connectivity index (χ2v) is 6.24. The van der Waals surface area contributed by atoms with E-state index in [0.717, 1.165) is 21.3 Å². The number of hydrogen-bond acceptors (Lipinski definition) is 2. The minimum atomic E-state index is -0.790. The summed E-state index contributed by atoms with van der Waals surface area (Å²) in [7, 11) is 0. The fraction of sp³-hybridized carbons (Fsp3) is 0.235.